The lowest BCUT2D eigenvalue weighted by Gasteiger charge is -2.16. The van der Waals surface area contributed by atoms with Crippen molar-refractivity contribution in [2.45, 2.75) is 24.8 Å². The molecule has 3 aromatic heterocycles. The topological polar surface area (TPSA) is 69.3 Å². The lowest BCUT2D eigenvalue weighted by molar-refractivity contribution is 0.813. The molecule has 0 saturated heterocycles. The van der Waals surface area contributed by atoms with Gasteiger partial charge in [-0.25, -0.2) is 9.97 Å². The van der Waals surface area contributed by atoms with E-state index in [0.29, 0.717) is 38.2 Å². The van der Waals surface area contributed by atoms with Gasteiger partial charge in [0.2, 0.25) is 0 Å². The first-order valence-electron chi connectivity index (χ1n) is 10.3. The van der Waals surface area contributed by atoms with E-state index in [2.05, 4.69) is 4.98 Å². The van der Waals surface area contributed by atoms with Gasteiger partial charge in [-0.05, 0) is 55.3 Å². The lowest BCUT2D eigenvalue weighted by atomic mass is 10.1. The van der Waals surface area contributed by atoms with E-state index in [0.717, 1.165) is 16.8 Å². The van der Waals surface area contributed by atoms with E-state index in [1.165, 1.54) is 22.2 Å². The lowest BCUT2D eigenvalue weighted by Crippen LogP contribution is -2.22. The number of halogens is 1. The molecule has 8 heteroatoms. The summed E-state index contributed by atoms with van der Waals surface area (Å²) < 4.78 is 3.07. The first kappa shape index (κ1) is 21.4. The summed E-state index contributed by atoms with van der Waals surface area (Å²) in [5.74, 6) is 0.379. The van der Waals surface area contributed by atoms with Crippen molar-refractivity contribution in [3.8, 4) is 5.69 Å². The Hall–Kier alpha value is -3.42. The molecule has 0 N–H and O–H groups in total. The van der Waals surface area contributed by atoms with Crippen LogP contribution in [0.15, 0.2) is 81.6 Å². The molecule has 0 amide bonds. The van der Waals surface area contributed by atoms with Crippen molar-refractivity contribution in [2.75, 3.05) is 0 Å². The summed E-state index contributed by atoms with van der Waals surface area (Å²) in [5.41, 5.74) is 4.22. The Bertz CT molecular complexity index is 1660. The van der Waals surface area contributed by atoms with Crippen LogP contribution in [0, 0.1) is 13.8 Å². The molecule has 5 aromatic rings. The highest BCUT2D eigenvalue weighted by molar-refractivity contribution is 7.98. The molecule has 0 saturated carbocycles. The van der Waals surface area contributed by atoms with Crippen LogP contribution in [0.25, 0.3) is 22.2 Å². The minimum absolute atomic E-state index is 0.127. The fourth-order valence-corrected chi connectivity index (χ4v) is 4.78. The maximum absolute atomic E-state index is 13.5. The predicted octanol–water partition coefficient (Wildman–Crippen LogP) is 4.96. The minimum Gasteiger partial charge on any atom is -0.269 e. The van der Waals surface area contributed by atoms with Gasteiger partial charge in [-0.15, -0.1) is 0 Å². The molecule has 0 fully saturated rings. The van der Waals surface area contributed by atoms with Gasteiger partial charge in [-0.2, -0.15) is 0 Å². The number of fused-ring (bicyclic) bond motifs is 2. The Morgan fingerprint density at radius 1 is 0.970 bits per heavy atom. The van der Waals surface area contributed by atoms with Crippen LogP contribution in [0.5, 0.6) is 0 Å². The SMILES string of the molecule is Cc1ccc(C)c(-n2c(SCc3cc(=O)n4cc(Cl)ccc4n3)nc3ccccc3c2=O)c1. The van der Waals surface area contributed by atoms with Crippen LogP contribution < -0.4 is 11.1 Å². The van der Waals surface area contributed by atoms with Gasteiger partial charge in [0.25, 0.3) is 11.1 Å². The normalized spacial score (nSPS) is 11.4. The first-order valence-corrected chi connectivity index (χ1v) is 11.7. The fraction of sp³-hybridized carbons (Fsp3) is 0.120. The summed E-state index contributed by atoms with van der Waals surface area (Å²) in [5, 5.41) is 1.57. The van der Waals surface area contributed by atoms with Gasteiger partial charge in [0.15, 0.2) is 5.16 Å². The molecule has 0 atom stereocenters. The highest BCUT2D eigenvalue weighted by atomic mass is 35.5. The van der Waals surface area contributed by atoms with Crippen LogP contribution in [0.4, 0.5) is 0 Å². The van der Waals surface area contributed by atoms with Gasteiger partial charge in [-0.1, -0.05) is 47.6 Å². The fourth-order valence-electron chi connectivity index (χ4n) is 3.72. The number of hydrogen-bond donors (Lipinski definition) is 0. The monoisotopic (exact) mass is 474 g/mol. The number of pyridine rings is 1. The number of hydrogen-bond acceptors (Lipinski definition) is 5. The Balaban J connectivity index is 1.63. The van der Waals surface area contributed by atoms with Gasteiger partial charge >= 0.3 is 0 Å². The molecule has 0 unspecified atom stereocenters. The Morgan fingerprint density at radius 2 is 1.79 bits per heavy atom. The molecule has 0 aliphatic rings. The third-order valence-corrected chi connectivity index (χ3v) is 6.57. The summed E-state index contributed by atoms with van der Waals surface area (Å²) in [6.07, 6.45) is 1.55. The van der Waals surface area contributed by atoms with Crippen LogP contribution in [0.1, 0.15) is 16.8 Å². The van der Waals surface area contributed by atoms with Crippen molar-refractivity contribution in [1.82, 2.24) is 18.9 Å². The first-order chi connectivity index (χ1) is 15.9. The second-order valence-corrected chi connectivity index (χ2v) is 9.17. The molecule has 3 heterocycles. The molecular weight excluding hydrogens is 456 g/mol. The zero-order chi connectivity index (χ0) is 23.1. The van der Waals surface area contributed by atoms with Crippen LogP contribution >= 0.6 is 23.4 Å². The van der Waals surface area contributed by atoms with Gasteiger partial charge in [-0.3, -0.25) is 18.6 Å². The van der Waals surface area contributed by atoms with Crippen LogP contribution in [0.2, 0.25) is 5.02 Å². The second kappa shape index (κ2) is 8.50. The molecule has 33 heavy (non-hydrogen) atoms. The number of aryl methyl sites for hydroxylation is 2. The van der Waals surface area contributed by atoms with Gasteiger partial charge < -0.3 is 0 Å². The molecule has 0 spiro atoms. The van der Waals surface area contributed by atoms with E-state index < -0.39 is 0 Å². The van der Waals surface area contributed by atoms with Crippen molar-refractivity contribution in [3.05, 3.63) is 109 Å². The summed E-state index contributed by atoms with van der Waals surface area (Å²) in [4.78, 5) is 35.4. The summed E-state index contributed by atoms with van der Waals surface area (Å²) in [6.45, 7) is 3.97. The zero-order valence-corrected chi connectivity index (χ0v) is 19.5. The molecule has 0 aliphatic heterocycles. The molecule has 2 aromatic carbocycles. The van der Waals surface area contributed by atoms with Crippen molar-refractivity contribution in [1.29, 1.82) is 0 Å². The number of para-hydroxylation sites is 1. The van der Waals surface area contributed by atoms with E-state index in [9.17, 15) is 9.59 Å². The van der Waals surface area contributed by atoms with Crippen molar-refractivity contribution < 1.29 is 0 Å². The Labute approximate surface area is 198 Å². The average molecular weight is 475 g/mol. The van der Waals surface area contributed by atoms with Crippen molar-refractivity contribution in [2.24, 2.45) is 0 Å². The van der Waals surface area contributed by atoms with Crippen LogP contribution in [-0.4, -0.2) is 18.9 Å². The van der Waals surface area contributed by atoms with E-state index in [-0.39, 0.29) is 11.1 Å². The van der Waals surface area contributed by atoms with E-state index in [1.54, 1.807) is 29.0 Å². The smallest absolute Gasteiger partial charge is 0.266 e. The molecule has 0 radical (unpaired) electrons. The molecule has 5 rings (SSSR count). The molecular formula is C25H19ClN4O2S. The van der Waals surface area contributed by atoms with Crippen molar-refractivity contribution in [3.63, 3.8) is 0 Å². The molecule has 0 aliphatic carbocycles. The Morgan fingerprint density at radius 3 is 2.64 bits per heavy atom. The largest absolute Gasteiger partial charge is 0.269 e. The molecule has 164 valence electrons. The third-order valence-electron chi connectivity index (χ3n) is 5.38. The summed E-state index contributed by atoms with van der Waals surface area (Å²) in [6, 6.07) is 18.2. The maximum Gasteiger partial charge on any atom is 0.266 e. The highest BCUT2D eigenvalue weighted by Crippen LogP contribution is 2.26. The quantitative estimate of drug-likeness (QED) is 0.272. The Kier molecular flexibility index (Phi) is 5.52. The van der Waals surface area contributed by atoms with Crippen molar-refractivity contribution >= 4 is 39.9 Å². The molecule has 6 nitrogen and oxygen atoms in total. The number of nitrogens with zero attached hydrogens (tertiary/aromatic N) is 4. The van der Waals surface area contributed by atoms with E-state index in [1.807, 2.05) is 50.2 Å². The number of rotatable bonds is 4. The predicted molar refractivity (Wildman–Crippen MR) is 133 cm³/mol. The summed E-state index contributed by atoms with van der Waals surface area (Å²) >= 11 is 7.38. The maximum atomic E-state index is 13.5. The van der Waals surface area contributed by atoms with E-state index in [4.69, 9.17) is 16.6 Å². The molecule has 0 bridgehead atoms. The van der Waals surface area contributed by atoms with Gasteiger partial charge in [0.05, 0.1) is 27.3 Å². The van der Waals surface area contributed by atoms with Gasteiger partial charge in [0.1, 0.15) is 5.65 Å². The minimum atomic E-state index is -0.212. The average Bonchev–Trinajstić information content (AvgIpc) is 2.80. The summed E-state index contributed by atoms with van der Waals surface area (Å²) in [7, 11) is 0. The van der Waals surface area contributed by atoms with Crippen LogP contribution in [0.3, 0.4) is 0 Å². The van der Waals surface area contributed by atoms with Crippen LogP contribution in [-0.2, 0) is 5.75 Å². The van der Waals surface area contributed by atoms with E-state index >= 15 is 0 Å². The number of thioether (sulfide) groups is 1. The third kappa shape index (κ3) is 4.05. The number of aromatic nitrogens is 4. The van der Waals surface area contributed by atoms with Gasteiger partial charge in [0, 0.05) is 18.0 Å². The number of benzene rings is 2. The zero-order valence-electron chi connectivity index (χ0n) is 17.9. The highest BCUT2D eigenvalue weighted by Gasteiger charge is 2.16. The second-order valence-electron chi connectivity index (χ2n) is 7.79. The standard InChI is InChI=1S/C25H19ClN4O2S/c1-15-7-8-16(2)21(11-15)30-24(32)19-5-3-4-6-20(19)28-25(30)33-14-18-12-23(31)29-13-17(26)9-10-22(29)27-18/h3-13H,14H2,1-2H3.